The zero-order chi connectivity index (χ0) is 13.7. The van der Waals surface area contributed by atoms with Gasteiger partial charge in [0.15, 0.2) is 0 Å². The van der Waals surface area contributed by atoms with Crippen LogP contribution in [0.1, 0.15) is 26.2 Å². The molecule has 0 aliphatic heterocycles. The molecule has 0 fully saturated rings. The molecule has 0 saturated carbocycles. The maximum absolute atomic E-state index is 11.7. The van der Waals surface area contributed by atoms with Crippen molar-refractivity contribution in [3.63, 3.8) is 0 Å². The lowest BCUT2D eigenvalue weighted by Gasteiger charge is -2.10. The Kier molecular flexibility index (Phi) is 6.22. The number of hydrogen-bond donors (Lipinski definition) is 2. The molecule has 0 radical (unpaired) electrons. The molecule has 1 rings (SSSR count). The van der Waals surface area contributed by atoms with Crippen molar-refractivity contribution < 1.29 is 4.79 Å². The Morgan fingerprint density at radius 3 is 2.39 bits per heavy atom. The molecule has 100 valence electrons. The van der Waals surface area contributed by atoms with Gasteiger partial charge in [-0.2, -0.15) is 0 Å². The van der Waals surface area contributed by atoms with E-state index in [1.54, 1.807) is 0 Å². The summed E-state index contributed by atoms with van der Waals surface area (Å²) < 4.78 is 0. The molecule has 0 saturated heterocycles. The van der Waals surface area contributed by atoms with Gasteiger partial charge in [0, 0.05) is 17.5 Å². The number of nitrogens with one attached hydrogen (secondary N) is 1. The van der Waals surface area contributed by atoms with E-state index in [9.17, 15) is 4.79 Å². The molecule has 0 bridgehead atoms. The van der Waals surface area contributed by atoms with E-state index in [1.165, 1.54) is 12.1 Å². The maximum Gasteiger partial charge on any atom is 0.224 e. The average Bonchev–Trinajstić information content (AvgIpc) is 2.22. The topological polar surface area (TPSA) is 55.1 Å². The predicted octanol–water partition coefficient (Wildman–Crippen LogP) is 4.10. The van der Waals surface area contributed by atoms with Crippen molar-refractivity contribution in [2.24, 2.45) is 5.73 Å². The Morgan fingerprint density at radius 2 is 1.89 bits per heavy atom. The summed E-state index contributed by atoms with van der Waals surface area (Å²) in [5.74, 6) is -0.137. The van der Waals surface area contributed by atoms with E-state index in [4.69, 9.17) is 40.5 Å². The molecule has 3 nitrogen and oxygen atoms in total. The molecule has 1 amide bonds. The predicted molar refractivity (Wildman–Crippen MR) is 77.6 cm³/mol. The van der Waals surface area contributed by atoms with Gasteiger partial charge in [-0.15, -0.1) is 0 Å². The Balaban J connectivity index is 2.59. The Labute approximate surface area is 122 Å². The smallest absolute Gasteiger partial charge is 0.224 e. The summed E-state index contributed by atoms with van der Waals surface area (Å²) in [7, 11) is 0. The summed E-state index contributed by atoms with van der Waals surface area (Å²) in [6, 6.07) is 3.17. The monoisotopic (exact) mass is 308 g/mol. The van der Waals surface area contributed by atoms with Crippen LogP contribution < -0.4 is 11.1 Å². The van der Waals surface area contributed by atoms with E-state index < -0.39 is 0 Å². The number of benzene rings is 1. The van der Waals surface area contributed by atoms with Gasteiger partial charge in [0.25, 0.3) is 0 Å². The number of carbonyl (C=O) groups excluding carboxylic acids is 1. The lowest BCUT2D eigenvalue weighted by molar-refractivity contribution is -0.116. The van der Waals surface area contributed by atoms with E-state index in [1.807, 2.05) is 6.92 Å². The van der Waals surface area contributed by atoms with Crippen LogP contribution in [0.2, 0.25) is 15.1 Å². The van der Waals surface area contributed by atoms with Crippen LogP contribution in [0, 0.1) is 0 Å². The lowest BCUT2D eigenvalue weighted by Crippen LogP contribution is -2.17. The second-order valence-corrected chi connectivity index (χ2v) is 5.41. The standard InChI is InChI=1S/C12H15Cl3N2O/c1-7(16)3-2-4-11(18)17-12-9(14)5-8(13)6-10(12)15/h5-7H,2-4,16H2,1H3,(H,17,18). The first-order chi connectivity index (χ1) is 8.40. The number of nitrogens with two attached hydrogens (primary N) is 1. The summed E-state index contributed by atoms with van der Waals surface area (Å²) in [6.07, 6.45) is 1.92. The quantitative estimate of drug-likeness (QED) is 0.860. The largest absolute Gasteiger partial charge is 0.328 e. The zero-order valence-corrected chi connectivity index (χ0v) is 12.2. The van der Waals surface area contributed by atoms with Gasteiger partial charge >= 0.3 is 0 Å². The number of rotatable bonds is 5. The van der Waals surface area contributed by atoms with Crippen LogP contribution >= 0.6 is 34.8 Å². The third kappa shape index (κ3) is 5.02. The molecule has 0 aromatic heterocycles. The fraction of sp³-hybridized carbons (Fsp3) is 0.417. The fourth-order valence-corrected chi connectivity index (χ4v) is 2.36. The van der Waals surface area contributed by atoms with Crippen molar-refractivity contribution in [2.75, 3.05) is 5.32 Å². The Hall–Kier alpha value is -0.480. The first-order valence-electron chi connectivity index (χ1n) is 5.60. The SMILES string of the molecule is CC(N)CCCC(=O)Nc1c(Cl)cc(Cl)cc1Cl. The molecule has 6 heteroatoms. The molecule has 0 aliphatic carbocycles. The minimum atomic E-state index is -0.137. The van der Waals surface area contributed by atoms with Gasteiger partial charge in [-0.1, -0.05) is 34.8 Å². The Bertz CT molecular complexity index is 412. The first-order valence-corrected chi connectivity index (χ1v) is 6.73. The summed E-state index contributed by atoms with van der Waals surface area (Å²) >= 11 is 17.7. The molecule has 1 aromatic carbocycles. The highest BCUT2D eigenvalue weighted by molar-refractivity contribution is 6.42. The van der Waals surface area contributed by atoms with Crippen LogP contribution in [0.15, 0.2) is 12.1 Å². The molecule has 1 atom stereocenters. The molecular formula is C12H15Cl3N2O. The third-order valence-corrected chi connectivity index (χ3v) is 3.15. The lowest BCUT2D eigenvalue weighted by atomic mass is 10.1. The first kappa shape index (κ1) is 15.6. The number of carbonyl (C=O) groups is 1. The van der Waals surface area contributed by atoms with Crippen LogP contribution in [0.25, 0.3) is 0 Å². The van der Waals surface area contributed by atoms with Crippen molar-refractivity contribution in [1.82, 2.24) is 0 Å². The summed E-state index contributed by atoms with van der Waals surface area (Å²) in [6.45, 7) is 1.91. The van der Waals surface area contributed by atoms with Gasteiger partial charge < -0.3 is 11.1 Å². The average molecular weight is 310 g/mol. The Morgan fingerprint density at radius 1 is 1.33 bits per heavy atom. The summed E-state index contributed by atoms with van der Waals surface area (Å²) in [5, 5.41) is 3.76. The van der Waals surface area contributed by atoms with Crippen LogP contribution in [-0.4, -0.2) is 11.9 Å². The second-order valence-electron chi connectivity index (χ2n) is 4.16. The minimum Gasteiger partial charge on any atom is -0.328 e. The van der Waals surface area contributed by atoms with Gasteiger partial charge in [0.05, 0.1) is 15.7 Å². The van der Waals surface area contributed by atoms with Crippen molar-refractivity contribution in [2.45, 2.75) is 32.2 Å². The van der Waals surface area contributed by atoms with Crippen molar-refractivity contribution in [3.05, 3.63) is 27.2 Å². The van der Waals surface area contributed by atoms with Crippen molar-refractivity contribution in [1.29, 1.82) is 0 Å². The van der Waals surface area contributed by atoms with Gasteiger partial charge in [0.2, 0.25) is 5.91 Å². The highest BCUT2D eigenvalue weighted by Crippen LogP contribution is 2.33. The number of anilines is 1. The van der Waals surface area contributed by atoms with E-state index in [0.29, 0.717) is 27.2 Å². The normalized spacial score (nSPS) is 12.3. The number of hydrogen-bond acceptors (Lipinski definition) is 2. The molecule has 1 aromatic rings. The third-order valence-electron chi connectivity index (χ3n) is 2.33. The van der Waals surface area contributed by atoms with Crippen LogP contribution in [0.3, 0.4) is 0 Å². The van der Waals surface area contributed by atoms with E-state index in [2.05, 4.69) is 5.32 Å². The second kappa shape index (κ2) is 7.19. The molecule has 0 spiro atoms. The van der Waals surface area contributed by atoms with E-state index in [-0.39, 0.29) is 11.9 Å². The van der Waals surface area contributed by atoms with Gasteiger partial charge in [-0.05, 0) is 31.9 Å². The van der Waals surface area contributed by atoms with E-state index >= 15 is 0 Å². The van der Waals surface area contributed by atoms with Crippen LogP contribution in [0.4, 0.5) is 5.69 Å². The van der Waals surface area contributed by atoms with Gasteiger partial charge in [-0.3, -0.25) is 4.79 Å². The minimum absolute atomic E-state index is 0.0977. The molecular weight excluding hydrogens is 295 g/mol. The molecule has 0 aliphatic rings. The highest BCUT2D eigenvalue weighted by Gasteiger charge is 2.11. The fourth-order valence-electron chi connectivity index (χ4n) is 1.45. The van der Waals surface area contributed by atoms with Crippen LogP contribution in [-0.2, 0) is 4.79 Å². The molecule has 18 heavy (non-hydrogen) atoms. The molecule has 1 unspecified atom stereocenters. The zero-order valence-electron chi connectivity index (χ0n) is 9.97. The summed E-state index contributed by atoms with van der Waals surface area (Å²) in [5.41, 5.74) is 6.00. The summed E-state index contributed by atoms with van der Waals surface area (Å²) in [4.78, 5) is 11.7. The van der Waals surface area contributed by atoms with Crippen LogP contribution in [0.5, 0.6) is 0 Å². The number of halogens is 3. The maximum atomic E-state index is 11.7. The molecule has 3 N–H and O–H groups in total. The van der Waals surface area contributed by atoms with Gasteiger partial charge in [-0.25, -0.2) is 0 Å². The van der Waals surface area contributed by atoms with Gasteiger partial charge in [0.1, 0.15) is 0 Å². The van der Waals surface area contributed by atoms with Crippen molar-refractivity contribution in [3.8, 4) is 0 Å². The van der Waals surface area contributed by atoms with Crippen molar-refractivity contribution >= 4 is 46.4 Å². The van der Waals surface area contributed by atoms with E-state index in [0.717, 1.165) is 12.8 Å². The number of amides is 1. The highest BCUT2D eigenvalue weighted by atomic mass is 35.5. The molecule has 0 heterocycles.